The molecule has 0 amide bonds. The first-order valence-corrected chi connectivity index (χ1v) is 6.84. The normalized spacial score (nSPS) is 11.4. The van der Waals surface area contributed by atoms with Crippen LogP contribution < -0.4 is 4.90 Å². The molecule has 0 aliphatic rings. The number of rotatable bonds is 4. The molecule has 18 heavy (non-hydrogen) atoms. The van der Waals surface area contributed by atoms with E-state index in [-0.39, 0.29) is 0 Å². The summed E-state index contributed by atoms with van der Waals surface area (Å²) in [7, 11) is 4.30. The second-order valence-corrected chi connectivity index (χ2v) is 5.47. The largest absolute Gasteiger partial charge is 0.375 e. The average Bonchev–Trinajstić information content (AvgIpc) is 2.67. The molecule has 1 heterocycles. The lowest BCUT2D eigenvalue weighted by molar-refractivity contribution is 0.851. The molecular formula is C16H24N2. The summed E-state index contributed by atoms with van der Waals surface area (Å²) in [6.07, 6.45) is 3.44. The fourth-order valence-corrected chi connectivity index (χ4v) is 2.57. The van der Waals surface area contributed by atoms with Crippen molar-refractivity contribution in [2.45, 2.75) is 33.1 Å². The van der Waals surface area contributed by atoms with Crippen molar-refractivity contribution >= 4 is 16.6 Å². The first kappa shape index (κ1) is 13.0. The van der Waals surface area contributed by atoms with Crippen molar-refractivity contribution in [2.24, 2.45) is 7.05 Å². The van der Waals surface area contributed by atoms with Crippen molar-refractivity contribution in [2.75, 3.05) is 18.5 Å². The maximum absolute atomic E-state index is 2.32. The standard InChI is InChI=1S/C16H24N2/c1-6-9-17(4)13-7-8-14-15(12(2)3)11-18(5)16(14)10-13/h7-8,10-12H,6,9H2,1-5H3. The summed E-state index contributed by atoms with van der Waals surface area (Å²) in [5.74, 6) is 0.577. The van der Waals surface area contributed by atoms with Crippen LogP contribution in [0.25, 0.3) is 10.9 Å². The Morgan fingerprint density at radius 2 is 2.00 bits per heavy atom. The van der Waals surface area contributed by atoms with Gasteiger partial charge in [0, 0.05) is 37.9 Å². The van der Waals surface area contributed by atoms with Gasteiger partial charge in [-0.1, -0.05) is 26.8 Å². The van der Waals surface area contributed by atoms with Gasteiger partial charge in [0.05, 0.1) is 5.52 Å². The Morgan fingerprint density at radius 1 is 1.28 bits per heavy atom. The molecule has 2 rings (SSSR count). The maximum Gasteiger partial charge on any atom is 0.0501 e. The summed E-state index contributed by atoms with van der Waals surface area (Å²) < 4.78 is 2.24. The van der Waals surface area contributed by atoms with Crippen LogP contribution in [0.1, 0.15) is 38.7 Å². The van der Waals surface area contributed by atoms with E-state index in [1.54, 1.807) is 0 Å². The van der Waals surface area contributed by atoms with Gasteiger partial charge in [0.2, 0.25) is 0 Å². The monoisotopic (exact) mass is 244 g/mol. The minimum Gasteiger partial charge on any atom is -0.375 e. The van der Waals surface area contributed by atoms with E-state index in [1.807, 2.05) is 0 Å². The molecule has 1 aromatic carbocycles. The third-order valence-electron chi connectivity index (χ3n) is 3.63. The van der Waals surface area contributed by atoms with E-state index in [9.17, 15) is 0 Å². The molecule has 0 aliphatic carbocycles. The highest BCUT2D eigenvalue weighted by molar-refractivity contribution is 5.87. The van der Waals surface area contributed by atoms with Gasteiger partial charge < -0.3 is 9.47 Å². The number of anilines is 1. The van der Waals surface area contributed by atoms with Crippen LogP contribution in [-0.4, -0.2) is 18.2 Å². The van der Waals surface area contributed by atoms with Crippen LogP contribution >= 0.6 is 0 Å². The second kappa shape index (κ2) is 5.05. The van der Waals surface area contributed by atoms with Gasteiger partial charge in [-0.15, -0.1) is 0 Å². The van der Waals surface area contributed by atoms with Crippen LogP contribution in [0.3, 0.4) is 0 Å². The lowest BCUT2D eigenvalue weighted by Crippen LogP contribution is -2.17. The molecule has 98 valence electrons. The molecule has 0 atom stereocenters. The van der Waals surface area contributed by atoms with E-state index in [4.69, 9.17) is 0 Å². The Kier molecular flexibility index (Phi) is 3.65. The van der Waals surface area contributed by atoms with Gasteiger partial charge in [0.1, 0.15) is 0 Å². The quantitative estimate of drug-likeness (QED) is 0.784. The Morgan fingerprint density at radius 3 is 2.61 bits per heavy atom. The maximum atomic E-state index is 2.32. The minimum atomic E-state index is 0.577. The summed E-state index contributed by atoms with van der Waals surface area (Å²) in [4.78, 5) is 2.32. The molecule has 0 N–H and O–H groups in total. The Bertz CT molecular complexity index is 537. The molecule has 0 fully saturated rings. The molecule has 0 bridgehead atoms. The van der Waals surface area contributed by atoms with Crippen LogP contribution in [0.2, 0.25) is 0 Å². The SMILES string of the molecule is CCCN(C)c1ccc2c(C(C)C)cn(C)c2c1. The van der Waals surface area contributed by atoms with Crippen molar-refractivity contribution < 1.29 is 0 Å². The molecule has 0 saturated heterocycles. The van der Waals surface area contributed by atoms with Crippen LogP contribution in [0, 0.1) is 0 Å². The molecule has 0 radical (unpaired) electrons. The van der Waals surface area contributed by atoms with Gasteiger partial charge in [-0.2, -0.15) is 0 Å². The van der Waals surface area contributed by atoms with Crippen LogP contribution in [0.4, 0.5) is 5.69 Å². The Hall–Kier alpha value is -1.44. The first-order chi connectivity index (χ1) is 8.54. The number of hydrogen-bond acceptors (Lipinski definition) is 1. The van der Waals surface area contributed by atoms with Crippen LogP contribution in [0.5, 0.6) is 0 Å². The summed E-state index contributed by atoms with van der Waals surface area (Å²) in [6, 6.07) is 6.81. The summed E-state index contributed by atoms with van der Waals surface area (Å²) in [5.41, 5.74) is 4.08. The van der Waals surface area contributed by atoms with Gasteiger partial charge in [-0.3, -0.25) is 0 Å². The summed E-state index contributed by atoms with van der Waals surface area (Å²) in [5, 5.41) is 1.39. The van der Waals surface area contributed by atoms with Gasteiger partial charge in [-0.25, -0.2) is 0 Å². The van der Waals surface area contributed by atoms with Gasteiger partial charge in [0.15, 0.2) is 0 Å². The topological polar surface area (TPSA) is 8.17 Å². The van der Waals surface area contributed by atoms with E-state index < -0.39 is 0 Å². The summed E-state index contributed by atoms with van der Waals surface area (Å²) >= 11 is 0. The van der Waals surface area contributed by atoms with Crippen molar-refractivity contribution in [3.05, 3.63) is 30.0 Å². The van der Waals surface area contributed by atoms with Gasteiger partial charge in [0.25, 0.3) is 0 Å². The third kappa shape index (κ3) is 2.24. The van der Waals surface area contributed by atoms with E-state index in [2.05, 4.69) is 68.7 Å². The summed E-state index contributed by atoms with van der Waals surface area (Å²) in [6.45, 7) is 7.83. The number of hydrogen-bond donors (Lipinski definition) is 0. The molecule has 0 unspecified atom stereocenters. The highest BCUT2D eigenvalue weighted by atomic mass is 15.1. The van der Waals surface area contributed by atoms with Gasteiger partial charge >= 0.3 is 0 Å². The molecule has 0 spiro atoms. The second-order valence-electron chi connectivity index (χ2n) is 5.47. The predicted molar refractivity (Wildman–Crippen MR) is 80.6 cm³/mol. The average molecular weight is 244 g/mol. The lowest BCUT2D eigenvalue weighted by atomic mass is 10.0. The molecule has 1 aromatic heterocycles. The molecule has 2 aromatic rings. The first-order valence-electron chi connectivity index (χ1n) is 6.84. The Balaban J connectivity index is 2.49. The lowest BCUT2D eigenvalue weighted by Gasteiger charge is -2.18. The Labute approximate surface area is 110 Å². The highest BCUT2D eigenvalue weighted by Crippen LogP contribution is 2.29. The zero-order valence-corrected chi connectivity index (χ0v) is 12.2. The minimum absolute atomic E-state index is 0.577. The van der Waals surface area contributed by atoms with Gasteiger partial charge in [-0.05, 0) is 30.0 Å². The third-order valence-corrected chi connectivity index (χ3v) is 3.63. The fourth-order valence-electron chi connectivity index (χ4n) is 2.57. The van der Waals surface area contributed by atoms with Crippen molar-refractivity contribution in [3.63, 3.8) is 0 Å². The highest BCUT2D eigenvalue weighted by Gasteiger charge is 2.11. The van der Waals surface area contributed by atoms with Crippen molar-refractivity contribution in [1.82, 2.24) is 4.57 Å². The van der Waals surface area contributed by atoms with E-state index in [1.165, 1.54) is 28.6 Å². The molecule has 2 nitrogen and oxygen atoms in total. The number of benzene rings is 1. The van der Waals surface area contributed by atoms with Crippen molar-refractivity contribution in [3.8, 4) is 0 Å². The van der Waals surface area contributed by atoms with Crippen molar-refractivity contribution in [1.29, 1.82) is 0 Å². The number of aromatic nitrogens is 1. The van der Waals surface area contributed by atoms with Crippen LogP contribution in [-0.2, 0) is 7.05 Å². The van der Waals surface area contributed by atoms with E-state index >= 15 is 0 Å². The number of nitrogens with zero attached hydrogens (tertiary/aromatic N) is 2. The van der Waals surface area contributed by atoms with E-state index in [0.717, 1.165) is 6.54 Å². The fraction of sp³-hybridized carbons (Fsp3) is 0.500. The molecule has 2 heteroatoms. The molecule has 0 saturated carbocycles. The number of aryl methyl sites for hydroxylation is 1. The smallest absolute Gasteiger partial charge is 0.0501 e. The molecule has 0 aliphatic heterocycles. The zero-order chi connectivity index (χ0) is 13.3. The molecular weight excluding hydrogens is 220 g/mol. The number of fused-ring (bicyclic) bond motifs is 1. The zero-order valence-electron chi connectivity index (χ0n) is 12.2. The van der Waals surface area contributed by atoms with Crippen LogP contribution in [0.15, 0.2) is 24.4 Å². The predicted octanol–water partition coefficient (Wildman–Crippen LogP) is 4.15. The van der Waals surface area contributed by atoms with E-state index in [0.29, 0.717) is 5.92 Å².